The fraction of sp³-hybridized carbons (Fsp3) is 0.133. The molecule has 0 aliphatic carbocycles. The first kappa shape index (κ1) is 16.8. The number of rotatable bonds is 5. The maximum Gasteiger partial charge on any atom is 0.265 e. The van der Waals surface area contributed by atoms with E-state index in [0.29, 0.717) is 16.7 Å². The molecule has 0 saturated heterocycles. The number of hydrogen-bond donors (Lipinski definition) is 1. The van der Waals surface area contributed by atoms with Crippen molar-refractivity contribution in [3.63, 3.8) is 0 Å². The highest BCUT2D eigenvalue weighted by Crippen LogP contribution is 2.16. The molecule has 0 spiro atoms. The molecule has 2 aromatic carbocycles. The first-order valence-electron chi connectivity index (χ1n) is 7.07. The van der Waals surface area contributed by atoms with E-state index in [4.69, 9.17) is 4.84 Å². The molecule has 1 aromatic heterocycles. The number of anilines is 1. The van der Waals surface area contributed by atoms with Gasteiger partial charge in [-0.1, -0.05) is 4.85 Å². The van der Waals surface area contributed by atoms with Crippen molar-refractivity contribution < 1.29 is 22.4 Å². The quantitative estimate of drug-likeness (QED) is 0.726. The zero-order valence-electron chi connectivity index (χ0n) is 13.0. The topological polar surface area (TPSA) is 103 Å². The van der Waals surface area contributed by atoms with E-state index < -0.39 is 21.6 Å². The highest BCUT2D eigenvalue weighted by atomic mass is 32.2. The van der Waals surface area contributed by atoms with Crippen LogP contribution in [-0.2, 0) is 14.6 Å². The number of nitrogens with one attached hydrogen (secondary N) is 1. The molecule has 8 nitrogen and oxygen atoms in total. The largest absolute Gasteiger partial charge is 0.385 e. The van der Waals surface area contributed by atoms with Crippen LogP contribution >= 0.6 is 0 Å². The predicted octanol–water partition coefficient (Wildman–Crippen LogP) is 1.04. The van der Waals surface area contributed by atoms with Gasteiger partial charge in [-0.05, 0) is 47.7 Å². The monoisotopic (exact) mass is 364 g/mol. The molecule has 10 heteroatoms. The Morgan fingerprint density at radius 2 is 1.96 bits per heavy atom. The fourth-order valence-electron chi connectivity index (χ4n) is 2.05. The normalized spacial score (nSPS) is 11.4. The molecule has 0 atom stereocenters. The van der Waals surface area contributed by atoms with Crippen molar-refractivity contribution in [2.45, 2.75) is 4.90 Å². The molecule has 0 radical (unpaired) electrons. The lowest BCUT2D eigenvalue weighted by molar-refractivity contribution is -0.121. The van der Waals surface area contributed by atoms with E-state index in [9.17, 15) is 17.6 Å². The molecule has 25 heavy (non-hydrogen) atoms. The summed E-state index contributed by atoms with van der Waals surface area (Å²) in [5.74, 6) is -0.903. The zero-order valence-corrected chi connectivity index (χ0v) is 13.8. The number of amides is 1. The number of carbonyl (C=O) groups is 1. The second kappa shape index (κ2) is 6.48. The van der Waals surface area contributed by atoms with Crippen molar-refractivity contribution in [3.05, 3.63) is 48.3 Å². The zero-order chi connectivity index (χ0) is 18.0. The Hall–Kier alpha value is -3.01. The lowest BCUT2D eigenvalue weighted by Crippen LogP contribution is -2.26. The van der Waals surface area contributed by atoms with E-state index >= 15 is 0 Å². The lowest BCUT2D eigenvalue weighted by Gasteiger charge is -2.07. The van der Waals surface area contributed by atoms with Gasteiger partial charge in [0.05, 0.1) is 4.90 Å². The number of sulfone groups is 1. The van der Waals surface area contributed by atoms with Gasteiger partial charge in [0.2, 0.25) is 0 Å². The van der Waals surface area contributed by atoms with Gasteiger partial charge in [-0.2, -0.15) is 0 Å². The van der Waals surface area contributed by atoms with E-state index in [1.165, 1.54) is 42.5 Å². The standard InChI is InChI=1S/C15H13FN4O4S/c1-25(22,23)12-6-7-13-14(8-12)20(19-18-13)24-9-15(21)17-11-4-2-10(16)3-5-11/h2-8H,9H2,1H3,(H,17,21). The fourth-order valence-corrected chi connectivity index (χ4v) is 2.70. The number of halogens is 1. The molecule has 0 aliphatic heterocycles. The summed E-state index contributed by atoms with van der Waals surface area (Å²) < 4.78 is 36.1. The van der Waals surface area contributed by atoms with Crippen molar-refractivity contribution in [3.8, 4) is 0 Å². The van der Waals surface area contributed by atoms with Crippen LogP contribution in [0.3, 0.4) is 0 Å². The Balaban J connectivity index is 1.72. The minimum absolute atomic E-state index is 0.0860. The summed E-state index contributed by atoms with van der Waals surface area (Å²) in [7, 11) is -3.40. The van der Waals surface area contributed by atoms with Gasteiger partial charge in [-0.15, -0.1) is 5.10 Å². The average molecular weight is 364 g/mol. The van der Waals surface area contributed by atoms with Crippen LogP contribution in [0.2, 0.25) is 0 Å². The molecular weight excluding hydrogens is 351 g/mol. The number of carbonyl (C=O) groups excluding carboxylic acids is 1. The van der Waals surface area contributed by atoms with Crippen LogP contribution < -0.4 is 10.2 Å². The predicted molar refractivity (Wildman–Crippen MR) is 87.1 cm³/mol. The second-order valence-electron chi connectivity index (χ2n) is 5.21. The molecule has 0 fully saturated rings. The number of hydrogen-bond acceptors (Lipinski definition) is 6. The van der Waals surface area contributed by atoms with Crippen LogP contribution in [0.4, 0.5) is 10.1 Å². The Bertz CT molecular complexity index is 1030. The number of nitrogens with zero attached hydrogens (tertiary/aromatic N) is 3. The molecule has 0 bridgehead atoms. The summed E-state index contributed by atoms with van der Waals surface area (Å²) in [6.07, 6.45) is 1.08. The highest BCUT2D eigenvalue weighted by Gasteiger charge is 2.13. The first-order valence-corrected chi connectivity index (χ1v) is 8.96. The van der Waals surface area contributed by atoms with Crippen molar-refractivity contribution >= 4 is 32.5 Å². The maximum atomic E-state index is 12.8. The Morgan fingerprint density at radius 1 is 1.24 bits per heavy atom. The van der Waals surface area contributed by atoms with E-state index in [-0.39, 0.29) is 11.5 Å². The van der Waals surface area contributed by atoms with Gasteiger partial charge >= 0.3 is 0 Å². The van der Waals surface area contributed by atoms with Crippen LogP contribution in [0.5, 0.6) is 0 Å². The van der Waals surface area contributed by atoms with Crippen molar-refractivity contribution in [2.24, 2.45) is 0 Å². The molecule has 130 valence electrons. The van der Waals surface area contributed by atoms with Crippen LogP contribution in [-0.4, -0.2) is 42.3 Å². The minimum atomic E-state index is -3.40. The third kappa shape index (κ3) is 3.91. The molecule has 0 aliphatic rings. The number of benzene rings is 2. The van der Waals surface area contributed by atoms with Gasteiger partial charge in [0.1, 0.15) is 16.9 Å². The van der Waals surface area contributed by atoms with E-state index in [1.54, 1.807) is 0 Å². The molecule has 1 heterocycles. The maximum absolute atomic E-state index is 12.8. The van der Waals surface area contributed by atoms with Crippen LogP contribution in [0.15, 0.2) is 47.4 Å². The van der Waals surface area contributed by atoms with Gasteiger partial charge in [0, 0.05) is 11.9 Å². The SMILES string of the molecule is CS(=O)(=O)c1ccc2nnn(OCC(=O)Nc3ccc(F)cc3)c2c1. The first-order chi connectivity index (χ1) is 11.8. The van der Waals surface area contributed by atoms with Crippen molar-refractivity contribution in [1.29, 1.82) is 0 Å². The summed E-state index contributed by atoms with van der Waals surface area (Å²) in [4.78, 5) is 18.2. The summed E-state index contributed by atoms with van der Waals surface area (Å²) in [5, 5.41) is 10.1. The summed E-state index contributed by atoms with van der Waals surface area (Å²) in [5.41, 5.74) is 1.15. The van der Waals surface area contributed by atoms with Gasteiger partial charge in [0.15, 0.2) is 16.4 Å². The van der Waals surface area contributed by atoms with Crippen LogP contribution in [0.25, 0.3) is 11.0 Å². The number of fused-ring (bicyclic) bond motifs is 1. The van der Waals surface area contributed by atoms with Crippen LogP contribution in [0, 0.1) is 5.82 Å². The Kier molecular flexibility index (Phi) is 4.36. The smallest absolute Gasteiger partial charge is 0.265 e. The van der Waals surface area contributed by atoms with Crippen molar-refractivity contribution in [1.82, 2.24) is 15.2 Å². The third-order valence-corrected chi connectivity index (χ3v) is 4.37. The van der Waals surface area contributed by atoms with Crippen LogP contribution in [0.1, 0.15) is 0 Å². The summed E-state index contributed by atoms with van der Waals surface area (Å²) in [6.45, 7) is -0.390. The molecule has 1 amide bonds. The average Bonchev–Trinajstić information content (AvgIpc) is 2.96. The molecular formula is C15H13FN4O4S. The molecule has 0 unspecified atom stereocenters. The van der Waals surface area contributed by atoms with E-state index in [1.807, 2.05) is 0 Å². The third-order valence-electron chi connectivity index (χ3n) is 3.26. The van der Waals surface area contributed by atoms with Gasteiger partial charge in [-0.25, -0.2) is 12.8 Å². The minimum Gasteiger partial charge on any atom is -0.385 e. The molecule has 0 saturated carbocycles. The lowest BCUT2D eigenvalue weighted by atomic mass is 10.3. The Morgan fingerprint density at radius 3 is 2.64 bits per heavy atom. The molecule has 1 N–H and O–H groups in total. The number of aromatic nitrogens is 3. The Labute approximate surface area is 142 Å². The summed E-state index contributed by atoms with van der Waals surface area (Å²) >= 11 is 0. The van der Waals surface area contributed by atoms with Gasteiger partial charge < -0.3 is 10.2 Å². The van der Waals surface area contributed by atoms with E-state index in [0.717, 1.165) is 11.1 Å². The van der Waals surface area contributed by atoms with Gasteiger partial charge in [-0.3, -0.25) is 4.79 Å². The highest BCUT2D eigenvalue weighted by molar-refractivity contribution is 7.90. The summed E-state index contributed by atoms with van der Waals surface area (Å²) in [6, 6.07) is 9.53. The molecule has 3 aromatic rings. The van der Waals surface area contributed by atoms with E-state index in [2.05, 4.69) is 15.6 Å². The van der Waals surface area contributed by atoms with Gasteiger partial charge in [0.25, 0.3) is 5.91 Å². The second-order valence-corrected chi connectivity index (χ2v) is 7.23. The molecule has 3 rings (SSSR count). The van der Waals surface area contributed by atoms with Crippen molar-refractivity contribution in [2.75, 3.05) is 18.2 Å².